The highest BCUT2D eigenvalue weighted by Crippen LogP contribution is 2.26. The predicted octanol–water partition coefficient (Wildman–Crippen LogP) is 3.77. The topological polar surface area (TPSA) is 34.0 Å². The number of carbonyl (C=O) groups is 1. The molecule has 0 bridgehead atoms. The summed E-state index contributed by atoms with van der Waals surface area (Å²) in [6.45, 7) is 4.75. The monoisotopic (exact) mass is 278 g/mol. The number of aromatic nitrogens is 1. The number of rotatable bonds is 5. The molecule has 0 saturated heterocycles. The van der Waals surface area contributed by atoms with Crippen LogP contribution in [0.25, 0.3) is 10.9 Å². The lowest BCUT2D eigenvalue weighted by Gasteiger charge is -2.15. The molecule has 0 aliphatic rings. The van der Waals surface area contributed by atoms with Gasteiger partial charge >= 0.3 is 0 Å². The van der Waals surface area contributed by atoms with Gasteiger partial charge in [-0.2, -0.15) is 0 Å². The molecule has 0 aliphatic heterocycles. The molecule has 1 aromatic carbocycles. The highest BCUT2D eigenvalue weighted by atomic mass is 35.5. The minimum atomic E-state index is -0.229. The zero-order valence-electron chi connectivity index (χ0n) is 11.3. The number of amides is 1. The van der Waals surface area contributed by atoms with E-state index in [0.29, 0.717) is 0 Å². The van der Waals surface area contributed by atoms with Gasteiger partial charge in [0, 0.05) is 23.2 Å². The summed E-state index contributed by atoms with van der Waals surface area (Å²) in [5.41, 5.74) is 0.991. The van der Waals surface area contributed by atoms with E-state index in [4.69, 9.17) is 11.6 Å². The summed E-state index contributed by atoms with van der Waals surface area (Å²) in [5.74, 6) is 0.0472. The van der Waals surface area contributed by atoms with Crippen LogP contribution in [0.1, 0.15) is 32.7 Å². The van der Waals surface area contributed by atoms with E-state index in [1.54, 1.807) is 0 Å². The summed E-state index contributed by atoms with van der Waals surface area (Å²) in [6, 6.07) is 7.47. The molecule has 0 radical (unpaired) electrons. The second-order valence-electron chi connectivity index (χ2n) is 4.72. The van der Waals surface area contributed by atoms with Crippen molar-refractivity contribution in [2.75, 3.05) is 6.54 Å². The van der Waals surface area contributed by atoms with E-state index in [1.807, 2.05) is 42.0 Å². The lowest BCUT2D eigenvalue weighted by atomic mass is 10.2. The normalized spacial score (nSPS) is 12.6. The number of hydrogen-bond acceptors (Lipinski definition) is 1. The standard InChI is InChI=1S/C15H19ClN2O/c1-3-4-9-17-15(19)11(2)18-10-8-12-13(16)6-5-7-14(12)18/h5-8,10-11H,3-4,9H2,1-2H3,(H,17,19). The predicted molar refractivity (Wildman–Crippen MR) is 79.6 cm³/mol. The third-order valence-corrected chi connectivity index (χ3v) is 3.67. The number of halogens is 1. The molecule has 2 rings (SSSR count). The minimum absolute atomic E-state index is 0.0472. The first-order chi connectivity index (χ1) is 9.15. The summed E-state index contributed by atoms with van der Waals surface area (Å²) < 4.78 is 1.96. The Morgan fingerprint density at radius 1 is 1.42 bits per heavy atom. The van der Waals surface area contributed by atoms with Crippen molar-refractivity contribution in [3.63, 3.8) is 0 Å². The number of unbranched alkanes of at least 4 members (excludes halogenated alkanes) is 1. The summed E-state index contributed by atoms with van der Waals surface area (Å²) >= 11 is 6.14. The van der Waals surface area contributed by atoms with Gasteiger partial charge in [0.1, 0.15) is 6.04 Å². The molecule has 1 heterocycles. The third-order valence-electron chi connectivity index (χ3n) is 3.34. The van der Waals surface area contributed by atoms with Crippen LogP contribution in [0.5, 0.6) is 0 Å². The summed E-state index contributed by atoms with van der Waals surface area (Å²) in [4.78, 5) is 12.1. The Morgan fingerprint density at radius 3 is 2.95 bits per heavy atom. The smallest absolute Gasteiger partial charge is 0.242 e. The van der Waals surface area contributed by atoms with Crippen molar-refractivity contribution in [1.29, 1.82) is 0 Å². The zero-order chi connectivity index (χ0) is 13.8. The van der Waals surface area contributed by atoms with Crippen LogP contribution in [0.15, 0.2) is 30.5 Å². The van der Waals surface area contributed by atoms with Gasteiger partial charge in [-0.1, -0.05) is 31.0 Å². The first kappa shape index (κ1) is 13.9. The Labute approximate surface area is 118 Å². The molecule has 1 N–H and O–H groups in total. The first-order valence-electron chi connectivity index (χ1n) is 6.68. The molecule has 0 saturated carbocycles. The van der Waals surface area contributed by atoms with Crippen molar-refractivity contribution >= 4 is 28.4 Å². The van der Waals surface area contributed by atoms with E-state index < -0.39 is 0 Å². The second-order valence-corrected chi connectivity index (χ2v) is 5.12. The molecule has 1 aromatic heterocycles. The molecule has 3 nitrogen and oxygen atoms in total. The second kappa shape index (κ2) is 6.11. The number of nitrogens with zero attached hydrogens (tertiary/aromatic N) is 1. The van der Waals surface area contributed by atoms with Gasteiger partial charge in [0.15, 0.2) is 0 Å². The van der Waals surface area contributed by atoms with E-state index in [0.717, 1.165) is 35.3 Å². The van der Waals surface area contributed by atoms with Gasteiger partial charge < -0.3 is 9.88 Å². The van der Waals surface area contributed by atoms with Gasteiger partial charge in [-0.25, -0.2) is 0 Å². The Bertz CT molecular complexity index is 577. The lowest BCUT2D eigenvalue weighted by molar-refractivity contribution is -0.123. The van der Waals surface area contributed by atoms with Crippen molar-refractivity contribution in [3.05, 3.63) is 35.5 Å². The minimum Gasteiger partial charge on any atom is -0.354 e. The van der Waals surface area contributed by atoms with Crippen LogP contribution in [-0.4, -0.2) is 17.0 Å². The van der Waals surface area contributed by atoms with Crippen LogP contribution >= 0.6 is 11.6 Å². The maximum absolute atomic E-state index is 12.1. The lowest BCUT2D eigenvalue weighted by Crippen LogP contribution is -2.31. The van der Waals surface area contributed by atoms with E-state index in [2.05, 4.69) is 12.2 Å². The molecule has 0 aliphatic carbocycles. The molecular formula is C15H19ClN2O. The van der Waals surface area contributed by atoms with Gasteiger partial charge in [-0.3, -0.25) is 4.79 Å². The van der Waals surface area contributed by atoms with Crippen molar-refractivity contribution in [3.8, 4) is 0 Å². The Balaban J connectivity index is 2.19. The molecule has 19 heavy (non-hydrogen) atoms. The SMILES string of the molecule is CCCCNC(=O)C(C)n1ccc2c(Cl)cccc21. The molecule has 1 unspecified atom stereocenters. The Hall–Kier alpha value is -1.48. The molecule has 2 aromatic rings. The Kier molecular flexibility index (Phi) is 4.48. The van der Waals surface area contributed by atoms with Crippen molar-refractivity contribution in [2.45, 2.75) is 32.7 Å². The quantitative estimate of drug-likeness (QED) is 0.830. The largest absolute Gasteiger partial charge is 0.354 e. The van der Waals surface area contributed by atoms with E-state index in [9.17, 15) is 4.79 Å². The van der Waals surface area contributed by atoms with E-state index in [-0.39, 0.29) is 11.9 Å². The van der Waals surface area contributed by atoms with Crippen LogP contribution in [-0.2, 0) is 4.79 Å². The van der Waals surface area contributed by atoms with Gasteiger partial charge in [0.25, 0.3) is 0 Å². The summed E-state index contributed by atoms with van der Waals surface area (Å²) in [7, 11) is 0. The van der Waals surface area contributed by atoms with Crippen LogP contribution in [0.4, 0.5) is 0 Å². The molecule has 0 spiro atoms. The van der Waals surface area contributed by atoms with Gasteiger partial charge in [-0.15, -0.1) is 0 Å². The number of fused-ring (bicyclic) bond motifs is 1. The first-order valence-corrected chi connectivity index (χ1v) is 7.05. The number of hydrogen-bond donors (Lipinski definition) is 1. The van der Waals surface area contributed by atoms with Crippen molar-refractivity contribution in [1.82, 2.24) is 9.88 Å². The fraction of sp³-hybridized carbons (Fsp3) is 0.400. The summed E-state index contributed by atoms with van der Waals surface area (Å²) in [6.07, 6.45) is 4.01. The number of benzene rings is 1. The zero-order valence-corrected chi connectivity index (χ0v) is 12.1. The van der Waals surface area contributed by atoms with Crippen molar-refractivity contribution < 1.29 is 4.79 Å². The van der Waals surface area contributed by atoms with Crippen LogP contribution in [0.3, 0.4) is 0 Å². The van der Waals surface area contributed by atoms with E-state index in [1.165, 1.54) is 0 Å². The number of nitrogens with one attached hydrogen (secondary N) is 1. The molecule has 1 atom stereocenters. The van der Waals surface area contributed by atoms with Crippen LogP contribution in [0.2, 0.25) is 5.02 Å². The molecule has 102 valence electrons. The van der Waals surface area contributed by atoms with E-state index >= 15 is 0 Å². The average molecular weight is 279 g/mol. The fourth-order valence-electron chi connectivity index (χ4n) is 2.15. The average Bonchev–Trinajstić information content (AvgIpc) is 2.83. The van der Waals surface area contributed by atoms with Crippen LogP contribution < -0.4 is 5.32 Å². The summed E-state index contributed by atoms with van der Waals surface area (Å²) in [5, 5.41) is 4.66. The van der Waals surface area contributed by atoms with Gasteiger partial charge in [-0.05, 0) is 31.5 Å². The van der Waals surface area contributed by atoms with Gasteiger partial charge in [0.2, 0.25) is 5.91 Å². The molecular weight excluding hydrogens is 260 g/mol. The highest BCUT2D eigenvalue weighted by molar-refractivity contribution is 6.35. The third kappa shape index (κ3) is 2.92. The maximum atomic E-state index is 12.1. The molecule has 4 heteroatoms. The highest BCUT2D eigenvalue weighted by Gasteiger charge is 2.16. The Morgan fingerprint density at radius 2 is 2.21 bits per heavy atom. The molecule has 0 fully saturated rings. The maximum Gasteiger partial charge on any atom is 0.242 e. The number of carbonyl (C=O) groups excluding carboxylic acids is 1. The molecule has 1 amide bonds. The van der Waals surface area contributed by atoms with Crippen molar-refractivity contribution in [2.24, 2.45) is 0 Å². The van der Waals surface area contributed by atoms with Gasteiger partial charge in [0.05, 0.1) is 5.52 Å². The fourth-order valence-corrected chi connectivity index (χ4v) is 2.38. The van der Waals surface area contributed by atoms with Crippen LogP contribution in [0, 0.1) is 0 Å².